The highest BCUT2D eigenvalue weighted by molar-refractivity contribution is 9.10. The lowest BCUT2D eigenvalue weighted by atomic mass is 10.2. The summed E-state index contributed by atoms with van der Waals surface area (Å²) in [5.74, 6) is 1.10. The Bertz CT molecular complexity index is 920. The number of anilines is 1. The number of aromatic nitrogens is 4. The average molecular weight is 466 g/mol. The molecule has 1 aromatic carbocycles. The minimum atomic E-state index is -0.104. The van der Waals surface area contributed by atoms with Crippen molar-refractivity contribution in [2.24, 2.45) is 0 Å². The van der Waals surface area contributed by atoms with Crippen LogP contribution in [0, 0.1) is 0 Å². The number of nitrogens with one attached hydrogen (secondary N) is 1. The third-order valence-electron chi connectivity index (χ3n) is 3.79. The minimum absolute atomic E-state index is 0.104. The number of carbonyl (C=O) groups is 1. The van der Waals surface area contributed by atoms with Gasteiger partial charge in [-0.05, 0) is 26.0 Å². The Hall–Kier alpha value is -1.71. The molecule has 27 heavy (non-hydrogen) atoms. The van der Waals surface area contributed by atoms with Crippen LogP contribution in [0.1, 0.15) is 32.6 Å². The van der Waals surface area contributed by atoms with Crippen LogP contribution in [0.25, 0.3) is 11.3 Å². The number of hydrogen-bond donors (Lipinski definition) is 1. The smallest absolute Gasteiger partial charge is 0.236 e. The third kappa shape index (κ3) is 4.97. The van der Waals surface area contributed by atoms with E-state index < -0.39 is 0 Å². The Morgan fingerprint density at radius 2 is 2.04 bits per heavy atom. The summed E-state index contributed by atoms with van der Waals surface area (Å²) in [7, 11) is 0. The molecular weight excluding hydrogens is 446 g/mol. The van der Waals surface area contributed by atoms with Gasteiger partial charge in [-0.1, -0.05) is 46.7 Å². The van der Waals surface area contributed by atoms with Crippen LogP contribution in [-0.4, -0.2) is 31.4 Å². The number of rotatable bonds is 7. The summed E-state index contributed by atoms with van der Waals surface area (Å²) < 4.78 is 3.10. The fourth-order valence-corrected chi connectivity index (χ4v) is 4.42. The highest BCUT2D eigenvalue weighted by Crippen LogP contribution is 2.27. The van der Waals surface area contributed by atoms with E-state index >= 15 is 0 Å². The lowest BCUT2D eigenvalue weighted by Crippen LogP contribution is -2.15. The standard InChI is InChI=1S/C18H20BrN5OS2/c1-4-15-22-23-18(24(15)11(2)3)27-10-16(25)21-17-20-14(9-26-17)12-5-7-13(19)8-6-12/h5-9,11H,4,10H2,1-3H3,(H,20,21,25). The van der Waals surface area contributed by atoms with Crippen molar-refractivity contribution in [3.63, 3.8) is 0 Å². The molecule has 3 rings (SSSR count). The zero-order valence-corrected chi connectivity index (χ0v) is 18.5. The summed E-state index contributed by atoms with van der Waals surface area (Å²) >= 11 is 6.23. The second kappa shape index (κ2) is 8.99. The van der Waals surface area contributed by atoms with Crippen molar-refractivity contribution in [1.29, 1.82) is 0 Å². The van der Waals surface area contributed by atoms with Crippen molar-refractivity contribution in [3.8, 4) is 11.3 Å². The largest absolute Gasteiger partial charge is 0.303 e. The topological polar surface area (TPSA) is 72.7 Å². The first-order valence-electron chi connectivity index (χ1n) is 8.55. The van der Waals surface area contributed by atoms with Gasteiger partial charge in [0.05, 0.1) is 11.4 Å². The Kier molecular flexibility index (Phi) is 6.67. The maximum atomic E-state index is 12.3. The molecule has 9 heteroatoms. The van der Waals surface area contributed by atoms with Crippen molar-refractivity contribution in [2.45, 2.75) is 38.4 Å². The number of aryl methyl sites for hydroxylation is 1. The van der Waals surface area contributed by atoms with Crippen molar-refractivity contribution < 1.29 is 4.79 Å². The first-order valence-corrected chi connectivity index (χ1v) is 11.2. The van der Waals surface area contributed by atoms with Crippen LogP contribution in [0.2, 0.25) is 0 Å². The molecule has 0 spiro atoms. The van der Waals surface area contributed by atoms with Gasteiger partial charge in [0, 0.05) is 27.9 Å². The number of hydrogen-bond acceptors (Lipinski definition) is 6. The van der Waals surface area contributed by atoms with Crippen molar-refractivity contribution in [2.75, 3.05) is 11.1 Å². The van der Waals surface area contributed by atoms with Crippen LogP contribution >= 0.6 is 39.0 Å². The molecule has 0 radical (unpaired) electrons. The molecule has 0 aliphatic carbocycles. The van der Waals surface area contributed by atoms with Gasteiger partial charge >= 0.3 is 0 Å². The van der Waals surface area contributed by atoms with E-state index in [1.807, 2.05) is 29.6 Å². The molecule has 0 saturated heterocycles. The fourth-order valence-electron chi connectivity index (χ4n) is 2.54. The molecule has 6 nitrogen and oxygen atoms in total. The molecule has 0 aliphatic rings. The molecular formula is C18H20BrN5OS2. The summed E-state index contributed by atoms with van der Waals surface area (Å²) in [6.07, 6.45) is 0.815. The number of thioether (sulfide) groups is 1. The second-order valence-electron chi connectivity index (χ2n) is 6.10. The van der Waals surface area contributed by atoms with E-state index in [0.717, 1.165) is 33.1 Å². The Labute approximate surface area is 174 Å². The molecule has 0 atom stereocenters. The highest BCUT2D eigenvalue weighted by atomic mass is 79.9. The Balaban J connectivity index is 1.60. The van der Waals surface area contributed by atoms with E-state index in [2.05, 4.69) is 61.8 Å². The lowest BCUT2D eigenvalue weighted by molar-refractivity contribution is -0.113. The Morgan fingerprint density at radius 3 is 2.70 bits per heavy atom. The van der Waals surface area contributed by atoms with Crippen LogP contribution in [0.3, 0.4) is 0 Å². The zero-order valence-electron chi connectivity index (χ0n) is 15.3. The zero-order chi connectivity index (χ0) is 19.4. The minimum Gasteiger partial charge on any atom is -0.303 e. The number of thiazole rings is 1. The maximum absolute atomic E-state index is 12.3. The van der Waals surface area contributed by atoms with Gasteiger partial charge in [0.25, 0.3) is 0 Å². The summed E-state index contributed by atoms with van der Waals surface area (Å²) in [5.41, 5.74) is 1.86. The number of benzene rings is 1. The third-order valence-corrected chi connectivity index (χ3v) is 6.02. The first-order chi connectivity index (χ1) is 13.0. The molecule has 1 amide bonds. The molecule has 0 saturated carbocycles. The normalized spacial score (nSPS) is 11.1. The van der Waals surface area contributed by atoms with Crippen molar-refractivity contribution in [3.05, 3.63) is 39.9 Å². The summed E-state index contributed by atoms with van der Waals surface area (Å²) in [6.45, 7) is 6.23. The first kappa shape index (κ1) is 20.0. The van der Waals surface area contributed by atoms with E-state index in [4.69, 9.17) is 0 Å². The van der Waals surface area contributed by atoms with Crippen LogP contribution in [0.15, 0.2) is 39.3 Å². The molecule has 0 bridgehead atoms. The lowest BCUT2D eigenvalue weighted by Gasteiger charge is -2.12. The van der Waals surface area contributed by atoms with E-state index in [0.29, 0.717) is 5.13 Å². The van der Waals surface area contributed by atoms with Gasteiger partial charge in [0.15, 0.2) is 10.3 Å². The molecule has 0 aliphatic heterocycles. The van der Waals surface area contributed by atoms with Crippen LogP contribution in [0.4, 0.5) is 5.13 Å². The predicted molar refractivity (Wildman–Crippen MR) is 114 cm³/mol. The van der Waals surface area contributed by atoms with Gasteiger partial charge in [0.2, 0.25) is 5.91 Å². The molecule has 142 valence electrons. The fraction of sp³-hybridized carbons (Fsp3) is 0.333. The van der Waals surface area contributed by atoms with Crippen molar-refractivity contribution in [1.82, 2.24) is 19.7 Å². The molecule has 0 fully saturated rings. The van der Waals surface area contributed by atoms with Crippen LogP contribution in [-0.2, 0) is 11.2 Å². The Morgan fingerprint density at radius 1 is 1.30 bits per heavy atom. The molecule has 2 heterocycles. The van der Waals surface area contributed by atoms with Gasteiger partial charge < -0.3 is 9.88 Å². The summed E-state index contributed by atoms with van der Waals surface area (Å²) in [5, 5.41) is 14.6. The van der Waals surface area contributed by atoms with Gasteiger partial charge in [-0.2, -0.15) is 0 Å². The maximum Gasteiger partial charge on any atom is 0.236 e. The van der Waals surface area contributed by atoms with Crippen LogP contribution < -0.4 is 5.32 Å². The highest BCUT2D eigenvalue weighted by Gasteiger charge is 2.16. The van der Waals surface area contributed by atoms with E-state index in [-0.39, 0.29) is 17.7 Å². The van der Waals surface area contributed by atoms with E-state index in [1.54, 1.807) is 0 Å². The van der Waals surface area contributed by atoms with E-state index in [1.165, 1.54) is 23.1 Å². The number of halogens is 1. The summed E-state index contributed by atoms with van der Waals surface area (Å²) in [4.78, 5) is 16.8. The van der Waals surface area contributed by atoms with Gasteiger partial charge in [0.1, 0.15) is 5.82 Å². The van der Waals surface area contributed by atoms with Crippen molar-refractivity contribution >= 4 is 50.1 Å². The average Bonchev–Trinajstić information content (AvgIpc) is 3.27. The number of carbonyl (C=O) groups excluding carboxylic acids is 1. The quantitative estimate of drug-likeness (QED) is 0.494. The number of amides is 1. The van der Waals surface area contributed by atoms with Gasteiger partial charge in [-0.25, -0.2) is 4.98 Å². The monoisotopic (exact) mass is 465 g/mol. The molecule has 1 N–H and O–H groups in total. The number of nitrogens with zero attached hydrogens (tertiary/aromatic N) is 4. The second-order valence-corrected chi connectivity index (χ2v) is 8.81. The van der Waals surface area contributed by atoms with E-state index in [9.17, 15) is 4.79 Å². The van der Waals surface area contributed by atoms with Gasteiger partial charge in [-0.3, -0.25) is 4.79 Å². The summed E-state index contributed by atoms with van der Waals surface area (Å²) in [6, 6.07) is 8.18. The molecule has 0 unspecified atom stereocenters. The predicted octanol–water partition coefficient (Wildman–Crippen LogP) is 5.04. The SMILES string of the molecule is CCc1nnc(SCC(=O)Nc2nc(-c3ccc(Br)cc3)cs2)n1C(C)C. The molecule has 3 aromatic rings. The molecule has 2 aromatic heterocycles. The van der Waals surface area contributed by atoms with Gasteiger partial charge in [-0.15, -0.1) is 21.5 Å². The van der Waals surface area contributed by atoms with Crippen LogP contribution in [0.5, 0.6) is 0 Å².